The first-order chi connectivity index (χ1) is 25.5. The summed E-state index contributed by atoms with van der Waals surface area (Å²) >= 11 is 1.25. The first-order valence-corrected chi connectivity index (χ1v) is 16.8. The van der Waals surface area contributed by atoms with Crippen LogP contribution in [0.15, 0.2) is 48.5 Å². The molecule has 4 aromatic carbocycles. The average molecular weight is 937 g/mol. The number of alkyl halides is 2. The maximum absolute atomic E-state index is 14.9. The maximum Gasteiger partial charge on any atom is 1.00 e. The van der Waals surface area contributed by atoms with Crippen molar-refractivity contribution < 1.29 is 108 Å². The average Bonchev–Trinajstić information content (AvgIpc) is 3.79. The topological polar surface area (TPSA) is 88.1 Å². The third-order valence-corrected chi connectivity index (χ3v) is 10.00. The number of carbonyl (C=O) groups excluding carboxylic acids is 2. The number of carbonyl (C=O) groups is 2. The summed E-state index contributed by atoms with van der Waals surface area (Å²) in [5.74, 6) is -30.7. The molecule has 2 atom stereocenters. The minimum Gasteiger partial charge on any atom is -0.416 e. The summed E-state index contributed by atoms with van der Waals surface area (Å²) in [5.41, 5.74) is -0.709. The summed E-state index contributed by atoms with van der Waals surface area (Å²) in [6, 6.07) is 8.74. The molecule has 0 radical (unpaired) electrons. The molecule has 0 aliphatic rings. The second kappa shape index (κ2) is 16.4. The van der Waals surface area contributed by atoms with Gasteiger partial charge in [-0.1, -0.05) is 21.2 Å². The van der Waals surface area contributed by atoms with E-state index in [4.69, 9.17) is 0 Å². The number of rotatable bonds is 10. The number of ether oxygens (including phenoxy) is 2. The van der Waals surface area contributed by atoms with Crippen molar-refractivity contribution in [2.24, 2.45) is 0 Å². The van der Waals surface area contributed by atoms with Crippen LogP contribution >= 0.6 is 30.9 Å². The van der Waals surface area contributed by atoms with Crippen LogP contribution in [0.2, 0.25) is 0 Å². The molecule has 7 nitrogen and oxygen atoms in total. The Labute approximate surface area is 321 Å². The molecular formula is C32H10AgF12O7PS2+2. The molecular weight excluding hydrogens is 927 g/mol. The zero-order valence-corrected chi connectivity index (χ0v) is 29.7. The van der Waals surface area contributed by atoms with Gasteiger partial charge in [0, 0.05) is 25.1 Å². The molecule has 23 heteroatoms. The van der Waals surface area contributed by atoms with Gasteiger partial charge in [-0.05, 0) is 47.2 Å². The Hall–Kier alpha value is -4.34. The number of fused-ring (bicyclic) bond motifs is 2. The Morgan fingerprint density at radius 1 is 0.509 bits per heavy atom. The zero-order valence-electron chi connectivity index (χ0n) is 25.7. The number of halogens is 12. The van der Waals surface area contributed by atoms with Crippen molar-refractivity contribution in [3.63, 3.8) is 0 Å². The summed E-state index contributed by atoms with van der Waals surface area (Å²) in [6.07, 6.45) is -5.08. The first-order valence-electron chi connectivity index (χ1n) is 14.1. The van der Waals surface area contributed by atoms with Crippen LogP contribution in [0.5, 0.6) is 11.5 Å². The number of thiophene rings is 2. The maximum atomic E-state index is 14.9. The predicted molar refractivity (Wildman–Crippen MR) is 164 cm³/mol. The molecule has 2 unspecified atom stereocenters. The van der Waals surface area contributed by atoms with E-state index in [-0.39, 0.29) is 53.7 Å². The van der Waals surface area contributed by atoms with E-state index in [0.29, 0.717) is 22.7 Å². The molecule has 2 heterocycles. The molecule has 0 saturated carbocycles. The van der Waals surface area contributed by atoms with Crippen LogP contribution in [0.1, 0.15) is 43.2 Å². The molecule has 55 heavy (non-hydrogen) atoms. The van der Waals surface area contributed by atoms with E-state index in [1.54, 1.807) is 0 Å². The van der Waals surface area contributed by atoms with Gasteiger partial charge in [-0.25, -0.2) is 44.7 Å². The van der Waals surface area contributed by atoms with Gasteiger partial charge in [-0.15, -0.1) is 22.7 Å². The van der Waals surface area contributed by atoms with E-state index in [1.165, 1.54) is 12.1 Å². The summed E-state index contributed by atoms with van der Waals surface area (Å²) in [5, 5.41) is 0.152. The molecule has 6 aromatic rings. The Kier molecular flexibility index (Phi) is 12.5. The van der Waals surface area contributed by atoms with Crippen LogP contribution in [0.25, 0.3) is 20.2 Å². The summed E-state index contributed by atoms with van der Waals surface area (Å²) in [6.45, 7) is 0. The zero-order chi connectivity index (χ0) is 39.3. The van der Waals surface area contributed by atoms with Crippen molar-refractivity contribution in [1.29, 1.82) is 0 Å². The van der Waals surface area contributed by atoms with E-state index >= 15 is 0 Å². The van der Waals surface area contributed by atoms with Crippen LogP contribution < -0.4 is 9.47 Å². The molecule has 0 aliphatic carbocycles. The number of esters is 2. The van der Waals surface area contributed by atoms with Crippen LogP contribution in [0.3, 0.4) is 0 Å². The van der Waals surface area contributed by atoms with Gasteiger partial charge in [0.05, 0.1) is 0 Å². The Morgan fingerprint density at radius 2 is 0.818 bits per heavy atom. The number of benzene rings is 4. The van der Waals surface area contributed by atoms with E-state index < -0.39 is 112 Å². The van der Waals surface area contributed by atoms with Gasteiger partial charge >= 0.3 is 42.6 Å². The van der Waals surface area contributed by atoms with Gasteiger partial charge in [0.2, 0.25) is 69.7 Å². The van der Waals surface area contributed by atoms with Gasteiger partial charge < -0.3 is 9.47 Å². The quantitative estimate of drug-likeness (QED) is 0.0257. The molecule has 290 valence electrons. The van der Waals surface area contributed by atoms with E-state index in [9.17, 15) is 66.8 Å². The summed E-state index contributed by atoms with van der Waals surface area (Å²) in [7, 11) is -3.55. The second-order valence-electron chi connectivity index (χ2n) is 10.5. The van der Waals surface area contributed by atoms with Gasteiger partial charge in [0.15, 0.2) is 0 Å². The van der Waals surface area contributed by atoms with E-state index in [1.807, 2.05) is 0 Å². The number of hydrogen-bond donors (Lipinski definition) is 0. The molecule has 0 fully saturated rings. The number of hydrogen-bond acceptors (Lipinski definition) is 9. The van der Waals surface area contributed by atoms with Crippen molar-refractivity contribution in [2.75, 3.05) is 0 Å². The minimum absolute atomic E-state index is 0. The fraction of sp³-hybridized carbons (Fsp3) is 0.0625. The standard InChI is InChI=1S/C32H10F12O7PS2.Ag/c33-17-19(35)23(39)27(24(40)20(17)36)48-31(45)15-7-11-5-9(1-3-13(11)53-15)29(43)50-52(47)51-30(44)10-2-4-14-12(6-10)8-16(54-14)32(46)49-28-25(41)21(37)18(34)22(38)26(28)42;/h1-8,29-30H;/q2*+1. The van der Waals surface area contributed by atoms with Gasteiger partial charge in [-0.3, -0.25) is 0 Å². The van der Waals surface area contributed by atoms with Crippen molar-refractivity contribution in [1.82, 2.24) is 0 Å². The summed E-state index contributed by atoms with van der Waals surface area (Å²) < 4.78 is 197. The first kappa shape index (κ1) is 41.8. The summed E-state index contributed by atoms with van der Waals surface area (Å²) in [4.78, 5) is 24.1. The van der Waals surface area contributed by atoms with Crippen molar-refractivity contribution in [3.05, 3.63) is 128 Å². The van der Waals surface area contributed by atoms with Gasteiger partial charge in [-0.2, -0.15) is 17.6 Å². The van der Waals surface area contributed by atoms with Gasteiger partial charge in [0.1, 0.15) is 9.75 Å². The fourth-order valence-electron chi connectivity index (χ4n) is 4.54. The second-order valence-corrected chi connectivity index (χ2v) is 13.5. The Balaban J connectivity index is 0.00000580. The smallest absolute Gasteiger partial charge is 0.416 e. The fourth-order valence-corrected chi connectivity index (χ4v) is 6.97. The molecule has 0 spiro atoms. The van der Waals surface area contributed by atoms with Crippen LogP contribution in [0.4, 0.5) is 52.7 Å². The molecule has 0 amide bonds. The third kappa shape index (κ3) is 8.15. The largest absolute Gasteiger partial charge is 1.00 e. The van der Waals surface area contributed by atoms with Crippen LogP contribution in [-0.4, -0.2) is 11.9 Å². The Bertz CT molecular complexity index is 2320. The van der Waals surface area contributed by atoms with Crippen molar-refractivity contribution in [2.45, 2.75) is 12.7 Å². The van der Waals surface area contributed by atoms with Crippen LogP contribution in [0, 0.1) is 58.2 Å². The normalized spacial score (nSPS) is 12.8. The molecule has 6 rings (SSSR count). The van der Waals surface area contributed by atoms with Crippen LogP contribution in [-0.2, 0) is 36.0 Å². The SMILES string of the molecule is O=C(Oc1c(F)c(F)c(F)c(F)c1F)c1cc2cc(C(F)O[P+](=O)OC(F)c3ccc4sc(C(=O)Oc5c(F)c(F)c(F)c(F)c5F)cc4c3)ccc2s1.[Ag+]. The monoisotopic (exact) mass is 936 g/mol. The molecule has 0 aliphatic heterocycles. The molecule has 0 N–H and O–H groups in total. The predicted octanol–water partition coefficient (Wildman–Crippen LogP) is 11.3. The minimum atomic E-state index is -3.55. The Morgan fingerprint density at radius 3 is 1.15 bits per heavy atom. The van der Waals surface area contributed by atoms with Crippen molar-refractivity contribution in [3.8, 4) is 11.5 Å². The van der Waals surface area contributed by atoms with E-state index in [0.717, 1.165) is 36.4 Å². The molecule has 0 saturated heterocycles. The van der Waals surface area contributed by atoms with E-state index in [2.05, 4.69) is 18.5 Å². The van der Waals surface area contributed by atoms with Crippen molar-refractivity contribution >= 4 is 63.0 Å². The third-order valence-electron chi connectivity index (χ3n) is 7.09. The molecule has 0 bridgehead atoms. The van der Waals surface area contributed by atoms with Gasteiger partial charge in [0.25, 0.3) is 12.7 Å². The molecule has 2 aromatic heterocycles.